The SMILES string of the molecule is CCC1(C)NC(C(C)C)N(CC(C)C2CC2)C1=O. The van der Waals surface area contributed by atoms with E-state index in [1.165, 1.54) is 12.8 Å². The van der Waals surface area contributed by atoms with Crippen molar-refractivity contribution in [2.45, 2.75) is 65.6 Å². The van der Waals surface area contributed by atoms with E-state index in [1.54, 1.807) is 0 Å². The normalized spacial score (nSPS) is 34.4. The number of nitrogens with one attached hydrogen (secondary N) is 1. The number of carbonyl (C=O) groups is 1. The van der Waals surface area contributed by atoms with Gasteiger partial charge in [0.05, 0.1) is 11.7 Å². The second-order valence-electron chi connectivity index (χ2n) is 6.79. The van der Waals surface area contributed by atoms with Gasteiger partial charge in [-0.05, 0) is 43.9 Å². The zero-order valence-corrected chi connectivity index (χ0v) is 12.5. The number of amides is 1. The molecule has 104 valence electrons. The molecule has 0 aromatic rings. The van der Waals surface area contributed by atoms with Gasteiger partial charge in [-0.15, -0.1) is 0 Å². The summed E-state index contributed by atoms with van der Waals surface area (Å²) in [4.78, 5) is 14.7. The Balaban J connectivity index is 2.11. The van der Waals surface area contributed by atoms with Crippen molar-refractivity contribution in [2.75, 3.05) is 6.54 Å². The van der Waals surface area contributed by atoms with E-state index in [0.29, 0.717) is 17.7 Å². The molecule has 18 heavy (non-hydrogen) atoms. The third-order valence-corrected chi connectivity index (χ3v) is 4.79. The van der Waals surface area contributed by atoms with Crippen LogP contribution in [0.1, 0.15) is 53.9 Å². The second-order valence-corrected chi connectivity index (χ2v) is 6.79. The van der Waals surface area contributed by atoms with Gasteiger partial charge in [-0.25, -0.2) is 0 Å². The maximum Gasteiger partial charge on any atom is 0.243 e. The molecule has 3 atom stereocenters. The lowest BCUT2D eigenvalue weighted by molar-refractivity contribution is -0.134. The first-order valence-electron chi connectivity index (χ1n) is 7.47. The maximum atomic E-state index is 12.6. The molecular weight excluding hydrogens is 224 g/mol. The first-order valence-corrected chi connectivity index (χ1v) is 7.47. The smallest absolute Gasteiger partial charge is 0.243 e. The summed E-state index contributed by atoms with van der Waals surface area (Å²) in [5, 5.41) is 3.56. The van der Waals surface area contributed by atoms with Gasteiger partial charge < -0.3 is 4.90 Å². The predicted octanol–water partition coefficient (Wildman–Crippen LogP) is 2.62. The van der Waals surface area contributed by atoms with Crippen LogP contribution < -0.4 is 5.32 Å². The van der Waals surface area contributed by atoms with Gasteiger partial charge in [-0.2, -0.15) is 0 Å². The van der Waals surface area contributed by atoms with Crippen molar-refractivity contribution in [3.63, 3.8) is 0 Å². The molecule has 0 aromatic carbocycles. The van der Waals surface area contributed by atoms with E-state index in [4.69, 9.17) is 0 Å². The van der Waals surface area contributed by atoms with Gasteiger partial charge in [0, 0.05) is 6.54 Å². The molecule has 0 spiro atoms. The van der Waals surface area contributed by atoms with E-state index in [1.807, 2.05) is 6.92 Å². The van der Waals surface area contributed by atoms with Crippen LogP contribution in [0.25, 0.3) is 0 Å². The summed E-state index contributed by atoms with van der Waals surface area (Å²) >= 11 is 0. The van der Waals surface area contributed by atoms with Gasteiger partial charge in [0.15, 0.2) is 0 Å². The van der Waals surface area contributed by atoms with Crippen LogP contribution in [0.2, 0.25) is 0 Å². The van der Waals surface area contributed by atoms with Gasteiger partial charge in [0.25, 0.3) is 0 Å². The quantitative estimate of drug-likeness (QED) is 0.816. The lowest BCUT2D eigenvalue weighted by atomic mass is 9.98. The molecule has 1 saturated heterocycles. The maximum absolute atomic E-state index is 12.6. The summed E-state index contributed by atoms with van der Waals surface area (Å²) in [5.41, 5.74) is -0.349. The van der Waals surface area contributed by atoms with Crippen LogP contribution in [0.5, 0.6) is 0 Å². The lowest BCUT2D eigenvalue weighted by Crippen LogP contribution is -2.45. The average Bonchev–Trinajstić information content (AvgIpc) is 3.12. The van der Waals surface area contributed by atoms with E-state index < -0.39 is 0 Å². The Labute approximate surface area is 111 Å². The number of hydrogen-bond donors (Lipinski definition) is 1. The molecule has 1 N–H and O–H groups in total. The van der Waals surface area contributed by atoms with Crippen LogP contribution in [0.3, 0.4) is 0 Å². The molecule has 1 heterocycles. The third-order valence-electron chi connectivity index (χ3n) is 4.79. The zero-order valence-electron chi connectivity index (χ0n) is 12.5. The fourth-order valence-corrected chi connectivity index (χ4v) is 3.01. The average molecular weight is 252 g/mol. The molecular formula is C15H28N2O. The molecule has 2 rings (SSSR count). The van der Waals surface area contributed by atoms with E-state index in [2.05, 4.69) is 37.9 Å². The Morgan fingerprint density at radius 3 is 2.44 bits per heavy atom. The molecule has 3 heteroatoms. The van der Waals surface area contributed by atoms with E-state index in [0.717, 1.165) is 18.9 Å². The van der Waals surface area contributed by atoms with Gasteiger partial charge in [-0.1, -0.05) is 27.7 Å². The Morgan fingerprint density at radius 2 is 2.00 bits per heavy atom. The fourth-order valence-electron chi connectivity index (χ4n) is 3.01. The molecule has 3 unspecified atom stereocenters. The van der Waals surface area contributed by atoms with Crippen LogP contribution in [0, 0.1) is 17.8 Å². The molecule has 3 nitrogen and oxygen atoms in total. The zero-order chi connectivity index (χ0) is 13.5. The summed E-state index contributed by atoms with van der Waals surface area (Å²) in [6.45, 7) is 11.8. The van der Waals surface area contributed by atoms with E-state index in [9.17, 15) is 4.79 Å². The van der Waals surface area contributed by atoms with Crippen molar-refractivity contribution in [3.05, 3.63) is 0 Å². The Morgan fingerprint density at radius 1 is 1.39 bits per heavy atom. The summed E-state index contributed by atoms with van der Waals surface area (Å²) in [6, 6.07) is 0. The van der Waals surface area contributed by atoms with E-state index in [-0.39, 0.29) is 11.7 Å². The second kappa shape index (κ2) is 4.84. The van der Waals surface area contributed by atoms with Crippen LogP contribution >= 0.6 is 0 Å². The van der Waals surface area contributed by atoms with E-state index >= 15 is 0 Å². The van der Waals surface area contributed by atoms with Crippen molar-refractivity contribution in [2.24, 2.45) is 17.8 Å². The lowest BCUT2D eigenvalue weighted by Gasteiger charge is -2.29. The Kier molecular flexibility index (Phi) is 3.72. The van der Waals surface area contributed by atoms with Crippen molar-refractivity contribution in [3.8, 4) is 0 Å². The standard InChI is InChI=1S/C15H28N2O/c1-6-15(5)14(18)17(13(16-15)10(2)3)9-11(4)12-7-8-12/h10-13,16H,6-9H2,1-5H3. The first kappa shape index (κ1) is 13.9. The first-order chi connectivity index (χ1) is 8.39. The number of carbonyl (C=O) groups excluding carboxylic acids is 1. The molecule has 1 amide bonds. The van der Waals surface area contributed by atoms with Crippen LogP contribution in [-0.4, -0.2) is 29.1 Å². The summed E-state index contributed by atoms with van der Waals surface area (Å²) in [5.74, 6) is 2.28. The molecule has 2 fully saturated rings. The minimum atomic E-state index is -0.349. The van der Waals surface area contributed by atoms with Gasteiger partial charge in [0.2, 0.25) is 5.91 Å². The highest BCUT2D eigenvalue weighted by atomic mass is 16.2. The van der Waals surface area contributed by atoms with Gasteiger partial charge >= 0.3 is 0 Å². The molecule has 2 aliphatic rings. The minimum Gasteiger partial charge on any atom is -0.325 e. The van der Waals surface area contributed by atoms with Crippen molar-refractivity contribution < 1.29 is 4.79 Å². The number of nitrogens with zero attached hydrogens (tertiary/aromatic N) is 1. The summed E-state index contributed by atoms with van der Waals surface area (Å²) in [6.07, 6.45) is 3.79. The number of hydrogen-bond acceptors (Lipinski definition) is 2. The monoisotopic (exact) mass is 252 g/mol. The van der Waals surface area contributed by atoms with Crippen LogP contribution in [0.15, 0.2) is 0 Å². The van der Waals surface area contributed by atoms with Crippen LogP contribution in [-0.2, 0) is 4.79 Å². The molecule has 1 aliphatic carbocycles. The molecule has 0 radical (unpaired) electrons. The minimum absolute atomic E-state index is 0.212. The predicted molar refractivity (Wildman–Crippen MR) is 74.1 cm³/mol. The highest BCUT2D eigenvalue weighted by Gasteiger charge is 2.48. The summed E-state index contributed by atoms with van der Waals surface area (Å²) < 4.78 is 0. The molecule has 1 saturated carbocycles. The molecule has 0 aromatic heterocycles. The van der Waals surface area contributed by atoms with Crippen molar-refractivity contribution >= 4 is 5.91 Å². The highest BCUT2D eigenvalue weighted by Crippen LogP contribution is 2.38. The highest BCUT2D eigenvalue weighted by molar-refractivity contribution is 5.88. The van der Waals surface area contributed by atoms with Crippen molar-refractivity contribution in [1.29, 1.82) is 0 Å². The third kappa shape index (κ3) is 2.42. The van der Waals surface area contributed by atoms with Crippen molar-refractivity contribution in [1.82, 2.24) is 10.2 Å². The summed E-state index contributed by atoms with van der Waals surface area (Å²) in [7, 11) is 0. The molecule has 0 bridgehead atoms. The van der Waals surface area contributed by atoms with Gasteiger partial charge in [-0.3, -0.25) is 10.1 Å². The fraction of sp³-hybridized carbons (Fsp3) is 0.933. The van der Waals surface area contributed by atoms with Gasteiger partial charge in [0.1, 0.15) is 0 Å². The Hall–Kier alpha value is -0.570. The molecule has 1 aliphatic heterocycles. The Bertz CT molecular complexity index is 324. The topological polar surface area (TPSA) is 32.3 Å². The largest absolute Gasteiger partial charge is 0.325 e. The number of rotatable bonds is 5. The van der Waals surface area contributed by atoms with Crippen LogP contribution in [0.4, 0.5) is 0 Å².